The molecular formula is C18H18F3NO2S. The van der Waals surface area contributed by atoms with Crippen LogP contribution in [0.1, 0.15) is 17.5 Å². The van der Waals surface area contributed by atoms with Gasteiger partial charge in [0.15, 0.2) is 0 Å². The zero-order chi connectivity index (χ0) is 18.3. The van der Waals surface area contributed by atoms with Crippen molar-refractivity contribution in [2.24, 2.45) is 0 Å². The molecule has 1 N–H and O–H groups in total. The van der Waals surface area contributed by atoms with E-state index < -0.39 is 11.7 Å². The summed E-state index contributed by atoms with van der Waals surface area (Å²) < 4.78 is 42.5. The van der Waals surface area contributed by atoms with Crippen LogP contribution < -0.4 is 10.1 Å². The van der Waals surface area contributed by atoms with Crippen molar-refractivity contribution >= 4 is 17.7 Å². The molecule has 0 radical (unpaired) electrons. The Labute approximate surface area is 148 Å². The summed E-state index contributed by atoms with van der Waals surface area (Å²) in [5, 5.41) is 2.71. The predicted molar refractivity (Wildman–Crippen MR) is 91.6 cm³/mol. The number of hydrogen-bond acceptors (Lipinski definition) is 3. The molecule has 0 fully saturated rings. The molecule has 1 amide bonds. The number of carbonyl (C=O) groups is 1. The Morgan fingerprint density at radius 1 is 1.08 bits per heavy atom. The molecular weight excluding hydrogens is 351 g/mol. The van der Waals surface area contributed by atoms with Crippen molar-refractivity contribution in [3.63, 3.8) is 0 Å². The molecule has 134 valence electrons. The van der Waals surface area contributed by atoms with Gasteiger partial charge in [0.05, 0.1) is 12.7 Å². The number of thioether (sulfide) groups is 1. The number of nitrogens with one attached hydrogen (secondary N) is 1. The third-order valence-corrected chi connectivity index (χ3v) is 4.44. The van der Waals surface area contributed by atoms with Crippen molar-refractivity contribution in [1.29, 1.82) is 0 Å². The second-order valence-corrected chi connectivity index (χ2v) is 6.41. The Morgan fingerprint density at radius 2 is 1.72 bits per heavy atom. The highest BCUT2D eigenvalue weighted by atomic mass is 32.2. The smallest absolute Gasteiger partial charge is 0.416 e. The average molecular weight is 369 g/mol. The monoisotopic (exact) mass is 369 g/mol. The molecule has 0 bridgehead atoms. The van der Waals surface area contributed by atoms with Crippen LogP contribution in [0.4, 0.5) is 13.2 Å². The summed E-state index contributed by atoms with van der Waals surface area (Å²) in [6.07, 6.45) is -4.02. The van der Waals surface area contributed by atoms with Crippen molar-refractivity contribution in [3.8, 4) is 5.75 Å². The van der Waals surface area contributed by atoms with Crippen LogP contribution in [0.15, 0.2) is 53.4 Å². The minimum Gasteiger partial charge on any atom is -0.497 e. The fourth-order valence-electron chi connectivity index (χ4n) is 2.03. The maximum atomic E-state index is 12.5. The van der Waals surface area contributed by atoms with E-state index in [-0.39, 0.29) is 12.5 Å². The maximum Gasteiger partial charge on any atom is 0.416 e. The highest BCUT2D eigenvalue weighted by Gasteiger charge is 2.29. The number of carbonyl (C=O) groups excluding carboxylic acids is 1. The molecule has 0 unspecified atom stereocenters. The van der Waals surface area contributed by atoms with Gasteiger partial charge in [-0.2, -0.15) is 13.2 Å². The third-order valence-electron chi connectivity index (χ3n) is 3.43. The van der Waals surface area contributed by atoms with Crippen LogP contribution in [0.2, 0.25) is 0 Å². The third kappa shape index (κ3) is 6.34. The number of ether oxygens (including phenoxy) is 1. The number of alkyl halides is 3. The summed E-state index contributed by atoms with van der Waals surface area (Å²) in [6.45, 7) is 0.212. The second-order valence-electron chi connectivity index (χ2n) is 5.25. The lowest BCUT2D eigenvalue weighted by Gasteiger charge is -2.09. The molecule has 2 rings (SSSR count). The molecule has 25 heavy (non-hydrogen) atoms. The molecule has 0 heterocycles. The molecule has 0 aliphatic heterocycles. The molecule has 0 spiro atoms. The van der Waals surface area contributed by atoms with E-state index >= 15 is 0 Å². The Morgan fingerprint density at radius 3 is 2.28 bits per heavy atom. The molecule has 3 nitrogen and oxygen atoms in total. The summed E-state index contributed by atoms with van der Waals surface area (Å²) in [7, 11) is 1.60. The molecule has 2 aromatic rings. The van der Waals surface area contributed by atoms with Gasteiger partial charge >= 0.3 is 6.18 Å². The molecule has 7 heteroatoms. The molecule has 0 aliphatic rings. The quantitative estimate of drug-likeness (QED) is 0.730. The summed E-state index contributed by atoms with van der Waals surface area (Å²) >= 11 is 1.55. The maximum absolute atomic E-state index is 12.5. The van der Waals surface area contributed by atoms with E-state index in [9.17, 15) is 18.0 Å². The summed E-state index contributed by atoms with van der Waals surface area (Å²) in [5.41, 5.74) is -0.0670. The summed E-state index contributed by atoms with van der Waals surface area (Å²) in [5.74, 6) is 1.25. The van der Waals surface area contributed by atoms with Crippen LogP contribution in [0.25, 0.3) is 0 Å². The zero-order valence-corrected chi connectivity index (χ0v) is 14.4. The number of amides is 1. The van der Waals surface area contributed by atoms with Gasteiger partial charge in [0, 0.05) is 23.6 Å². The topological polar surface area (TPSA) is 38.3 Å². The van der Waals surface area contributed by atoms with Crippen LogP contribution in [-0.4, -0.2) is 18.8 Å². The Kier molecular flexibility index (Phi) is 6.75. The summed E-state index contributed by atoms with van der Waals surface area (Å²) in [4.78, 5) is 12.8. The van der Waals surface area contributed by atoms with Crippen molar-refractivity contribution in [2.75, 3.05) is 12.9 Å². The first kappa shape index (κ1) is 19.2. The molecule has 0 saturated heterocycles. The molecule has 0 aromatic heterocycles. The van der Waals surface area contributed by atoms with E-state index in [1.165, 1.54) is 12.1 Å². The van der Waals surface area contributed by atoms with Gasteiger partial charge < -0.3 is 10.1 Å². The number of rotatable bonds is 7. The Bertz CT molecular complexity index is 685. The fraction of sp³-hybridized carbons (Fsp3) is 0.278. The average Bonchev–Trinajstić information content (AvgIpc) is 2.60. The Balaban J connectivity index is 1.71. The lowest BCUT2D eigenvalue weighted by atomic mass is 10.1. The van der Waals surface area contributed by atoms with Crippen LogP contribution >= 0.6 is 11.8 Å². The van der Waals surface area contributed by atoms with Crippen LogP contribution in [-0.2, 0) is 17.5 Å². The van der Waals surface area contributed by atoms with Gasteiger partial charge in [-0.15, -0.1) is 11.8 Å². The minimum atomic E-state index is -4.35. The fourth-order valence-corrected chi connectivity index (χ4v) is 2.89. The number of methoxy groups -OCH3 is 1. The predicted octanol–water partition coefficient (Wildman–Crippen LogP) is 4.51. The zero-order valence-electron chi connectivity index (χ0n) is 13.6. The van der Waals surface area contributed by atoms with Crippen LogP contribution in [0.5, 0.6) is 5.75 Å². The number of halogens is 3. The standard InChI is InChI=1S/C18H18F3NO2S/c1-24-15-6-8-16(9-7-15)25-11-10-17(23)22-12-13-2-4-14(5-3-13)18(19,20)21/h2-9H,10-12H2,1H3,(H,22,23). The van der Waals surface area contributed by atoms with Gasteiger partial charge in [-0.1, -0.05) is 12.1 Å². The highest BCUT2D eigenvalue weighted by Crippen LogP contribution is 2.29. The second kappa shape index (κ2) is 8.80. The van der Waals surface area contributed by atoms with Gasteiger partial charge in [0.2, 0.25) is 5.91 Å². The molecule has 0 aliphatic carbocycles. The normalized spacial score (nSPS) is 11.2. The van der Waals surface area contributed by atoms with Gasteiger partial charge in [-0.05, 0) is 42.0 Å². The van der Waals surface area contributed by atoms with Crippen molar-refractivity contribution < 1.29 is 22.7 Å². The molecule has 0 saturated carbocycles. The van der Waals surface area contributed by atoms with Gasteiger partial charge in [-0.25, -0.2) is 0 Å². The van der Waals surface area contributed by atoms with Crippen molar-refractivity contribution in [3.05, 3.63) is 59.7 Å². The van der Waals surface area contributed by atoms with Crippen LogP contribution in [0, 0.1) is 0 Å². The lowest BCUT2D eigenvalue weighted by molar-refractivity contribution is -0.137. The lowest BCUT2D eigenvalue weighted by Crippen LogP contribution is -2.23. The van der Waals surface area contributed by atoms with E-state index in [2.05, 4.69) is 5.32 Å². The highest BCUT2D eigenvalue weighted by molar-refractivity contribution is 7.99. The van der Waals surface area contributed by atoms with Gasteiger partial charge in [0.25, 0.3) is 0 Å². The first-order valence-corrected chi connectivity index (χ1v) is 8.57. The van der Waals surface area contributed by atoms with E-state index in [4.69, 9.17) is 4.74 Å². The van der Waals surface area contributed by atoms with Crippen molar-refractivity contribution in [2.45, 2.75) is 24.0 Å². The largest absolute Gasteiger partial charge is 0.497 e. The first-order valence-electron chi connectivity index (χ1n) is 7.58. The number of benzene rings is 2. The van der Waals surface area contributed by atoms with E-state index in [1.807, 2.05) is 24.3 Å². The Hall–Kier alpha value is -2.15. The van der Waals surface area contributed by atoms with E-state index in [0.29, 0.717) is 17.7 Å². The van der Waals surface area contributed by atoms with E-state index in [0.717, 1.165) is 22.8 Å². The molecule has 2 aromatic carbocycles. The van der Waals surface area contributed by atoms with Crippen molar-refractivity contribution in [1.82, 2.24) is 5.32 Å². The molecule has 0 atom stereocenters. The van der Waals surface area contributed by atoms with Gasteiger partial charge in [0.1, 0.15) is 5.75 Å². The summed E-state index contributed by atoms with van der Waals surface area (Å²) in [6, 6.07) is 12.3. The van der Waals surface area contributed by atoms with Crippen LogP contribution in [0.3, 0.4) is 0 Å². The first-order chi connectivity index (χ1) is 11.9. The minimum absolute atomic E-state index is 0.138. The number of hydrogen-bond donors (Lipinski definition) is 1. The SMILES string of the molecule is COc1ccc(SCCC(=O)NCc2ccc(C(F)(F)F)cc2)cc1. The van der Waals surface area contributed by atoms with E-state index in [1.54, 1.807) is 18.9 Å². The van der Waals surface area contributed by atoms with Gasteiger partial charge in [-0.3, -0.25) is 4.79 Å².